The van der Waals surface area contributed by atoms with E-state index in [4.69, 9.17) is 11.6 Å². The Morgan fingerprint density at radius 2 is 2.11 bits per heavy atom. The number of nitrogens with one attached hydrogen (secondary N) is 1. The van der Waals surface area contributed by atoms with Crippen LogP contribution in [0.3, 0.4) is 0 Å². The van der Waals surface area contributed by atoms with E-state index >= 15 is 0 Å². The van der Waals surface area contributed by atoms with Gasteiger partial charge in [-0.2, -0.15) is 0 Å². The molecule has 3 nitrogen and oxygen atoms in total. The molecule has 1 N–H and O–H groups in total. The molecule has 1 heterocycles. The van der Waals surface area contributed by atoms with Crippen molar-refractivity contribution in [1.82, 2.24) is 5.32 Å². The number of amides is 1. The lowest BCUT2D eigenvalue weighted by atomic mass is 9.96. The number of piperazine rings is 1. The third-order valence-electron chi connectivity index (χ3n) is 3.53. The average Bonchev–Trinajstić information content (AvgIpc) is 2.30. The zero-order valence-corrected chi connectivity index (χ0v) is 12.0. The number of carbonyl (C=O) groups is 1. The molecule has 0 spiro atoms. The maximum Gasteiger partial charge on any atom is 0.247 e. The van der Waals surface area contributed by atoms with Gasteiger partial charge < -0.3 is 10.2 Å². The first-order valence-electron chi connectivity index (χ1n) is 6.18. The predicted molar refractivity (Wildman–Crippen MR) is 75.2 cm³/mol. The lowest BCUT2D eigenvalue weighted by Crippen LogP contribution is -2.65. The number of nitrogens with zero attached hydrogens (tertiary/aromatic N) is 1. The summed E-state index contributed by atoms with van der Waals surface area (Å²) in [4.78, 5) is 14.4. The summed E-state index contributed by atoms with van der Waals surface area (Å²) < 4.78 is 0. The minimum absolute atomic E-state index is 0.0895. The highest BCUT2D eigenvalue weighted by molar-refractivity contribution is 6.31. The summed E-state index contributed by atoms with van der Waals surface area (Å²) in [5.41, 5.74) is 1.34. The normalized spacial score (nSPS) is 23.3. The third kappa shape index (κ3) is 2.13. The molecule has 1 amide bonds. The van der Waals surface area contributed by atoms with E-state index in [1.807, 2.05) is 50.8 Å². The molecule has 4 heteroatoms. The molecule has 0 aromatic heterocycles. The molecule has 18 heavy (non-hydrogen) atoms. The summed E-state index contributed by atoms with van der Waals surface area (Å²) in [6.45, 7) is 8.60. The summed E-state index contributed by atoms with van der Waals surface area (Å²) in [5, 5.41) is 3.97. The van der Waals surface area contributed by atoms with Gasteiger partial charge in [0.2, 0.25) is 5.91 Å². The van der Waals surface area contributed by atoms with Gasteiger partial charge in [0.1, 0.15) is 0 Å². The van der Waals surface area contributed by atoms with Crippen molar-refractivity contribution in [3.63, 3.8) is 0 Å². The average molecular weight is 267 g/mol. The summed E-state index contributed by atoms with van der Waals surface area (Å²) in [5.74, 6) is 0.0895. The van der Waals surface area contributed by atoms with E-state index in [1.54, 1.807) is 0 Å². The van der Waals surface area contributed by atoms with Gasteiger partial charge in [-0.05, 0) is 45.4 Å². The molecular formula is C14H19ClN2O. The first kappa shape index (κ1) is 13.4. The van der Waals surface area contributed by atoms with Gasteiger partial charge in [-0.3, -0.25) is 4.79 Å². The molecule has 0 radical (unpaired) electrons. The standard InChI is InChI=1S/C14H19ClN2O/c1-9-8-16-14(3,4)13(18)17(9)12-7-5-6-11(15)10(12)2/h5-7,9,16H,8H2,1-4H3. The molecule has 1 unspecified atom stereocenters. The largest absolute Gasteiger partial charge is 0.306 e. The van der Waals surface area contributed by atoms with E-state index in [2.05, 4.69) is 5.32 Å². The van der Waals surface area contributed by atoms with Gasteiger partial charge in [0, 0.05) is 23.3 Å². The number of benzene rings is 1. The number of halogens is 1. The van der Waals surface area contributed by atoms with Crippen LogP contribution in [0.15, 0.2) is 18.2 Å². The quantitative estimate of drug-likeness (QED) is 0.848. The molecule has 1 fully saturated rings. The Kier molecular flexibility index (Phi) is 3.39. The maximum atomic E-state index is 12.5. The Morgan fingerprint density at radius 1 is 1.44 bits per heavy atom. The van der Waals surface area contributed by atoms with Crippen LogP contribution in [-0.4, -0.2) is 24.0 Å². The first-order chi connectivity index (χ1) is 8.34. The van der Waals surface area contributed by atoms with Gasteiger partial charge in [-0.1, -0.05) is 17.7 Å². The minimum atomic E-state index is -0.527. The van der Waals surface area contributed by atoms with Crippen LogP contribution in [0.25, 0.3) is 0 Å². The number of hydrogen-bond acceptors (Lipinski definition) is 2. The molecule has 1 aliphatic rings. The third-order valence-corrected chi connectivity index (χ3v) is 3.94. The molecule has 0 aliphatic carbocycles. The Morgan fingerprint density at radius 3 is 2.78 bits per heavy atom. The van der Waals surface area contributed by atoms with Crippen LogP contribution in [0, 0.1) is 6.92 Å². The number of carbonyl (C=O) groups excluding carboxylic acids is 1. The number of hydrogen-bond donors (Lipinski definition) is 1. The van der Waals surface area contributed by atoms with Gasteiger partial charge in [0.25, 0.3) is 0 Å². The molecule has 0 bridgehead atoms. The van der Waals surface area contributed by atoms with E-state index in [0.29, 0.717) is 5.02 Å². The van der Waals surface area contributed by atoms with E-state index in [1.165, 1.54) is 0 Å². The highest BCUT2D eigenvalue weighted by Gasteiger charge is 2.39. The molecule has 98 valence electrons. The molecule has 1 atom stereocenters. The summed E-state index contributed by atoms with van der Waals surface area (Å²) >= 11 is 6.15. The summed E-state index contributed by atoms with van der Waals surface area (Å²) in [6.07, 6.45) is 0. The summed E-state index contributed by atoms with van der Waals surface area (Å²) in [6, 6.07) is 5.82. The molecular weight excluding hydrogens is 248 g/mol. The zero-order chi connectivity index (χ0) is 13.5. The smallest absolute Gasteiger partial charge is 0.247 e. The predicted octanol–water partition coefficient (Wildman–Crippen LogP) is 2.75. The van der Waals surface area contributed by atoms with Crippen molar-refractivity contribution in [2.24, 2.45) is 0 Å². The van der Waals surface area contributed by atoms with Crippen molar-refractivity contribution >= 4 is 23.2 Å². The Labute approximate surface area is 113 Å². The van der Waals surface area contributed by atoms with Gasteiger partial charge >= 0.3 is 0 Å². The lowest BCUT2D eigenvalue weighted by molar-refractivity contribution is -0.125. The Bertz CT molecular complexity index is 485. The van der Waals surface area contributed by atoms with Crippen LogP contribution in [-0.2, 0) is 4.79 Å². The van der Waals surface area contributed by atoms with Crippen LogP contribution >= 0.6 is 11.6 Å². The second-order valence-electron chi connectivity index (χ2n) is 5.41. The van der Waals surface area contributed by atoms with Crippen LogP contribution in [0.1, 0.15) is 26.3 Å². The van der Waals surface area contributed by atoms with Crippen molar-refractivity contribution in [2.75, 3.05) is 11.4 Å². The highest BCUT2D eigenvalue weighted by Crippen LogP contribution is 2.31. The van der Waals surface area contributed by atoms with Gasteiger partial charge in [-0.15, -0.1) is 0 Å². The minimum Gasteiger partial charge on any atom is -0.306 e. The SMILES string of the molecule is Cc1c(Cl)cccc1N1C(=O)C(C)(C)NCC1C. The van der Waals surface area contributed by atoms with E-state index in [9.17, 15) is 4.79 Å². The molecule has 1 aromatic carbocycles. The fourth-order valence-corrected chi connectivity index (χ4v) is 2.44. The molecule has 1 saturated heterocycles. The summed E-state index contributed by atoms with van der Waals surface area (Å²) in [7, 11) is 0. The van der Waals surface area contributed by atoms with Crippen molar-refractivity contribution in [3.8, 4) is 0 Å². The van der Waals surface area contributed by atoms with Crippen molar-refractivity contribution in [3.05, 3.63) is 28.8 Å². The van der Waals surface area contributed by atoms with Gasteiger partial charge in [0.15, 0.2) is 0 Å². The number of anilines is 1. The van der Waals surface area contributed by atoms with Crippen molar-refractivity contribution < 1.29 is 4.79 Å². The van der Waals surface area contributed by atoms with E-state index in [0.717, 1.165) is 17.8 Å². The second-order valence-corrected chi connectivity index (χ2v) is 5.82. The second kappa shape index (κ2) is 4.56. The highest BCUT2D eigenvalue weighted by atomic mass is 35.5. The van der Waals surface area contributed by atoms with Crippen LogP contribution in [0.2, 0.25) is 5.02 Å². The van der Waals surface area contributed by atoms with Gasteiger partial charge in [0.05, 0.1) is 5.54 Å². The zero-order valence-electron chi connectivity index (χ0n) is 11.2. The first-order valence-corrected chi connectivity index (χ1v) is 6.56. The monoisotopic (exact) mass is 266 g/mol. The molecule has 2 rings (SSSR count). The lowest BCUT2D eigenvalue weighted by Gasteiger charge is -2.43. The van der Waals surface area contributed by atoms with Gasteiger partial charge in [-0.25, -0.2) is 0 Å². The van der Waals surface area contributed by atoms with E-state index < -0.39 is 5.54 Å². The van der Waals surface area contributed by atoms with Crippen LogP contribution < -0.4 is 10.2 Å². The van der Waals surface area contributed by atoms with Crippen LogP contribution in [0.4, 0.5) is 5.69 Å². The fourth-order valence-electron chi connectivity index (χ4n) is 2.27. The molecule has 0 saturated carbocycles. The van der Waals surface area contributed by atoms with E-state index in [-0.39, 0.29) is 11.9 Å². The Balaban J connectivity index is 2.47. The van der Waals surface area contributed by atoms with Crippen molar-refractivity contribution in [2.45, 2.75) is 39.3 Å². The van der Waals surface area contributed by atoms with Crippen LogP contribution in [0.5, 0.6) is 0 Å². The molecule has 1 aliphatic heterocycles. The Hall–Kier alpha value is -1.06. The fraction of sp³-hybridized carbons (Fsp3) is 0.500. The maximum absolute atomic E-state index is 12.5. The van der Waals surface area contributed by atoms with Crippen molar-refractivity contribution in [1.29, 1.82) is 0 Å². The molecule has 1 aromatic rings. The number of rotatable bonds is 1. The topological polar surface area (TPSA) is 32.3 Å².